The topological polar surface area (TPSA) is 70.7 Å². The monoisotopic (exact) mass is 321 g/mol. The van der Waals surface area contributed by atoms with Crippen LogP contribution in [0.5, 0.6) is 0 Å². The summed E-state index contributed by atoms with van der Waals surface area (Å²) in [5.74, 6) is -0.518. The zero-order valence-electron chi connectivity index (χ0n) is 12.8. The zero-order valence-corrected chi connectivity index (χ0v) is 12.8. The predicted molar refractivity (Wildman–Crippen MR) is 82.5 cm³/mol. The van der Waals surface area contributed by atoms with Crippen molar-refractivity contribution in [1.82, 2.24) is 10.2 Å². The molecule has 1 aliphatic heterocycles. The number of carbonyl (C=O) groups is 2. The second kappa shape index (κ2) is 6.95. The zero-order chi connectivity index (χ0) is 16.2. The summed E-state index contributed by atoms with van der Waals surface area (Å²) in [6.45, 7) is 0.950. The lowest BCUT2D eigenvalue weighted by Crippen LogP contribution is -2.54. The van der Waals surface area contributed by atoms with E-state index in [1.54, 1.807) is 0 Å². The lowest BCUT2D eigenvalue weighted by Gasteiger charge is -2.34. The summed E-state index contributed by atoms with van der Waals surface area (Å²) in [4.78, 5) is 25.9. The van der Waals surface area contributed by atoms with Gasteiger partial charge in [-0.3, -0.25) is 4.79 Å². The molecule has 1 atom stereocenters. The van der Waals surface area contributed by atoms with E-state index < -0.39 is 6.10 Å². The Balaban J connectivity index is 1.53. The van der Waals surface area contributed by atoms with Crippen molar-refractivity contribution >= 4 is 17.6 Å². The van der Waals surface area contributed by atoms with Gasteiger partial charge in [0.15, 0.2) is 6.10 Å². The smallest absolute Gasteiger partial charge is 0.322 e. The maximum atomic E-state index is 12.9. The molecule has 2 N–H and O–H groups in total. The first-order chi connectivity index (χ1) is 11.1. The van der Waals surface area contributed by atoms with Gasteiger partial charge in [-0.2, -0.15) is 0 Å². The Bertz CT molecular complexity index is 574. The van der Waals surface area contributed by atoms with Crippen molar-refractivity contribution < 1.29 is 18.7 Å². The molecule has 3 rings (SSSR count). The molecule has 1 aromatic rings. The summed E-state index contributed by atoms with van der Waals surface area (Å²) in [5.41, 5.74) is 0.512. The molecule has 1 aromatic carbocycles. The van der Waals surface area contributed by atoms with E-state index in [2.05, 4.69) is 10.6 Å². The molecule has 23 heavy (non-hydrogen) atoms. The number of anilines is 1. The Morgan fingerprint density at radius 3 is 2.61 bits per heavy atom. The highest BCUT2D eigenvalue weighted by atomic mass is 19.1. The summed E-state index contributed by atoms with van der Waals surface area (Å²) < 4.78 is 18.3. The normalized spacial score (nSPS) is 21.4. The SMILES string of the molecule is O=C(NC1CCC1)[C@H]1CN(C(=O)Nc2ccc(F)cc2)CCO1. The number of ether oxygens (including phenoxy) is 1. The van der Waals surface area contributed by atoms with Crippen LogP contribution in [0, 0.1) is 5.82 Å². The largest absolute Gasteiger partial charge is 0.365 e. The molecule has 2 aliphatic rings. The van der Waals surface area contributed by atoms with Crippen LogP contribution >= 0.6 is 0 Å². The van der Waals surface area contributed by atoms with Gasteiger partial charge in [-0.1, -0.05) is 0 Å². The highest BCUT2D eigenvalue weighted by Crippen LogP contribution is 2.19. The van der Waals surface area contributed by atoms with Crippen LogP contribution in [0.3, 0.4) is 0 Å². The first-order valence-corrected chi connectivity index (χ1v) is 7.85. The van der Waals surface area contributed by atoms with E-state index >= 15 is 0 Å². The number of nitrogens with one attached hydrogen (secondary N) is 2. The third-order valence-electron chi connectivity index (χ3n) is 4.19. The van der Waals surface area contributed by atoms with Crippen LogP contribution in [0.2, 0.25) is 0 Å². The standard InChI is InChI=1S/C16H20FN3O3/c17-11-4-6-13(7-5-11)19-16(22)20-8-9-23-14(10-20)15(21)18-12-2-1-3-12/h4-7,12,14H,1-3,8-10H2,(H,18,21)(H,19,22)/t14-/m1/s1. The second-order valence-corrected chi connectivity index (χ2v) is 5.88. The summed E-state index contributed by atoms with van der Waals surface area (Å²) >= 11 is 0. The number of nitrogens with zero attached hydrogens (tertiary/aromatic N) is 1. The molecule has 1 saturated heterocycles. The Labute approximate surface area is 134 Å². The molecular weight excluding hydrogens is 301 g/mol. The van der Waals surface area contributed by atoms with Gasteiger partial charge in [0.05, 0.1) is 13.2 Å². The summed E-state index contributed by atoms with van der Waals surface area (Å²) in [7, 11) is 0. The van der Waals surface area contributed by atoms with Gasteiger partial charge in [-0.25, -0.2) is 9.18 Å². The average Bonchev–Trinajstić information content (AvgIpc) is 2.53. The van der Waals surface area contributed by atoms with Crippen LogP contribution in [-0.2, 0) is 9.53 Å². The molecule has 3 amide bonds. The van der Waals surface area contributed by atoms with E-state index in [-0.39, 0.29) is 30.3 Å². The summed E-state index contributed by atoms with van der Waals surface area (Å²) in [6, 6.07) is 5.48. The molecule has 1 aliphatic carbocycles. The van der Waals surface area contributed by atoms with E-state index in [1.807, 2.05) is 0 Å². The Morgan fingerprint density at radius 1 is 1.22 bits per heavy atom. The van der Waals surface area contributed by atoms with Gasteiger partial charge in [0, 0.05) is 18.3 Å². The fourth-order valence-corrected chi connectivity index (χ4v) is 2.57. The third kappa shape index (κ3) is 3.98. The maximum absolute atomic E-state index is 12.9. The van der Waals surface area contributed by atoms with Crippen molar-refractivity contribution in [2.45, 2.75) is 31.4 Å². The van der Waals surface area contributed by atoms with Gasteiger partial charge >= 0.3 is 6.03 Å². The minimum atomic E-state index is -0.636. The number of hydrogen-bond donors (Lipinski definition) is 2. The Hall–Kier alpha value is -2.15. The molecule has 0 aromatic heterocycles. The van der Waals surface area contributed by atoms with Crippen LogP contribution in [0.1, 0.15) is 19.3 Å². The van der Waals surface area contributed by atoms with Gasteiger partial charge in [0.1, 0.15) is 5.82 Å². The number of amides is 3. The van der Waals surface area contributed by atoms with Gasteiger partial charge in [0.2, 0.25) is 0 Å². The molecular formula is C16H20FN3O3. The van der Waals surface area contributed by atoms with Crippen molar-refractivity contribution in [3.8, 4) is 0 Å². The molecule has 1 heterocycles. The number of hydrogen-bond acceptors (Lipinski definition) is 3. The molecule has 0 bridgehead atoms. The minimum absolute atomic E-state index is 0.158. The van der Waals surface area contributed by atoms with Crippen LogP contribution in [-0.4, -0.2) is 48.7 Å². The van der Waals surface area contributed by atoms with E-state index in [0.29, 0.717) is 18.8 Å². The summed E-state index contributed by atoms with van der Waals surface area (Å²) in [6.07, 6.45) is 2.52. The number of carbonyl (C=O) groups excluding carboxylic acids is 2. The predicted octanol–water partition coefficient (Wildman–Crippen LogP) is 1.73. The average molecular weight is 321 g/mol. The molecule has 124 valence electrons. The lowest BCUT2D eigenvalue weighted by molar-refractivity contribution is -0.138. The first kappa shape index (κ1) is 15.7. The van der Waals surface area contributed by atoms with E-state index in [9.17, 15) is 14.0 Å². The molecule has 0 radical (unpaired) electrons. The highest BCUT2D eigenvalue weighted by Gasteiger charge is 2.31. The van der Waals surface area contributed by atoms with Crippen LogP contribution in [0.25, 0.3) is 0 Å². The van der Waals surface area contributed by atoms with Crippen molar-refractivity contribution in [2.24, 2.45) is 0 Å². The van der Waals surface area contributed by atoms with Crippen molar-refractivity contribution in [2.75, 3.05) is 25.0 Å². The quantitative estimate of drug-likeness (QED) is 0.891. The fraction of sp³-hybridized carbons (Fsp3) is 0.500. The summed E-state index contributed by atoms with van der Waals surface area (Å²) in [5, 5.41) is 5.63. The molecule has 0 unspecified atom stereocenters. The van der Waals surface area contributed by atoms with Gasteiger partial charge in [-0.05, 0) is 43.5 Å². The molecule has 7 heteroatoms. The molecule has 2 fully saturated rings. The van der Waals surface area contributed by atoms with E-state index in [4.69, 9.17) is 4.74 Å². The number of benzene rings is 1. The highest BCUT2D eigenvalue weighted by molar-refractivity contribution is 5.90. The van der Waals surface area contributed by atoms with Crippen molar-refractivity contribution in [1.29, 1.82) is 0 Å². The van der Waals surface area contributed by atoms with Gasteiger partial charge in [-0.15, -0.1) is 0 Å². The minimum Gasteiger partial charge on any atom is -0.365 e. The number of morpholine rings is 1. The van der Waals surface area contributed by atoms with Crippen molar-refractivity contribution in [3.05, 3.63) is 30.1 Å². The second-order valence-electron chi connectivity index (χ2n) is 5.88. The van der Waals surface area contributed by atoms with Gasteiger partial charge in [0.25, 0.3) is 5.91 Å². The van der Waals surface area contributed by atoms with E-state index in [1.165, 1.54) is 29.2 Å². The number of halogens is 1. The molecule has 0 spiro atoms. The Kier molecular flexibility index (Phi) is 4.76. The first-order valence-electron chi connectivity index (χ1n) is 7.85. The molecule has 1 saturated carbocycles. The number of rotatable bonds is 3. The molecule has 6 nitrogen and oxygen atoms in total. The Morgan fingerprint density at radius 2 is 1.96 bits per heavy atom. The fourth-order valence-electron chi connectivity index (χ4n) is 2.57. The van der Waals surface area contributed by atoms with Crippen molar-refractivity contribution in [3.63, 3.8) is 0 Å². The third-order valence-corrected chi connectivity index (χ3v) is 4.19. The van der Waals surface area contributed by atoms with E-state index in [0.717, 1.165) is 19.3 Å². The van der Waals surface area contributed by atoms with Crippen LogP contribution in [0.4, 0.5) is 14.9 Å². The maximum Gasteiger partial charge on any atom is 0.322 e. The lowest BCUT2D eigenvalue weighted by atomic mass is 9.93. The van der Waals surface area contributed by atoms with Crippen LogP contribution < -0.4 is 10.6 Å². The van der Waals surface area contributed by atoms with Gasteiger partial charge < -0.3 is 20.3 Å². The number of urea groups is 1. The van der Waals surface area contributed by atoms with Crippen LogP contribution in [0.15, 0.2) is 24.3 Å².